The van der Waals surface area contributed by atoms with Gasteiger partial charge < -0.3 is 24.8 Å². The molecule has 2 atom stereocenters. The second-order valence-electron chi connectivity index (χ2n) is 6.13. The second kappa shape index (κ2) is 7.90. The predicted octanol–water partition coefficient (Wildman–Crippen LogP) is 1.96. The Bertz CT molecular complexity index is 605. The molecule has 0 radical (unpaired) electrons. The molecule has 24 heavy (non-hydrogen) atoms. The van der Waals surface area contributed by atoms with E-state index in [-0.39, 0.29) is 18.5 Å². The van der Waals surface area contributed by atoms with Crippen LogP contribution in [0.1, 0.15) is 18.9 Å². The quantitative estimate of drug-likeness (QED) is 0.858. The molecule has 7 heteroatoms. The van der Waals surface area contributed by atoms with Crippen molar-refractivity contribution in [1.29, 1.82) is 0 Å². The van der Waals surface area contributed by atoms with Gasteiger partial charge in [0, 0.05) is 19.6 Å². The predicted molar refractivity (Wildman–Crippen MR) is 88.3 cm³/mol. The molecule has 0 spiro atoms. The molecule has 2 amide bonds. The van der Waals surface area contributed by atoms with Gasteiger partial charge in [-0.1, -0.05) is 13.0 Å². The van der Waals surface area contributed by atoms with E-state index in [9.17, 15) is 14.7 Å². The Morgan fingerprint density at radius 3 is 2.58 bits per heavy atom. The van der Waals surface area contributed by atoms with E-state index in [0.29, 0.717) is 31.0 Å². The Balaban J connectivity index is 1.96. The minimum absolute atomic E-state index is 0.173. The maximum absolute atomic E-state index is 12.3. The molecule has 1 aromatic carbocycles. The zero-order chi connectivity index (χ0) is 17.7. The minimum Gasteiger partial charge on any atom is -0.493 e. The lowest BCUT2D eigenvalue weighted by Crippen LogP contribution is -2.49. The zero-order valence-corrected chi connectivity index (χ0v) is 14.2. The van der Waals surface area contributed by atoms with Crippen molar-refractivity contribution in [3.63, 3.8) is 0 Å². The van der Waals surface area contributed by atoms with E-state index in [1.54, 1.807) is 31.3 Å². The van der Waals surface area contributed by atoms with E-state index in [1.165, 1.54) is 0 Å². The number of nitrogens with one attached hydrogen (secondary N) is 1. The van der Waals surface area contributed by atoms with E-state index in [4.69, 9.17) is 9.47 Å². The number of hydrogen-bond acceptors (Lipinski definition) is 4. The first-order valence-electron chi connectivity index (χ1n) is 7.91. The molecule has 132 valence electrons. The lowest BCUT2D eigenvalue weighted by molar-refractivity contribution is -0.143. The van der Waals surface area contributed by atoms with Gasteiger partial charge in [0.15, 0.2) is 11.5 Å². The van der Waals surface area contributed by atoms with Crippen LogP contribution in [0.25, 0.3) is 0 Å². The first-order chi connectivity index (χ1) is 11.4. The normalized spacial score (nSPS) is 20.4. The molecule has 1 aliphatic heterocycles. The van der Waals surface area contributed by atoms with Crippen LogP contribution < -0.4 is 14.8 Å². The van der Waals surface area contributed by atoms with E-state index in [0.717, 1.165) is 5.56 Å². The summed E-state index contributed by atoms with van der Waals surface area (Å²) in [5, 5.41) is 12.0. The van der Waals surface area contributed by atoms with Gasteiger partial charge in [0.25, 0.3) is 0 Å². The van der Waals surface area contributed by atoms with Gasteiger partial charge in [-0.15, -0.1) is 0 Å². The fourth-order valence-electron chi connectivity index (χ4n) is 2.98. The monoisotopic (exact) mass is 336 g/mol. The number of hydrogen-bond donors (Lipinski definition) is 2. The van der Waals surface area contributed by atoms with Gasteiger partial charge in [-0.05, 0) is 30.0 Å². The number of urea groups is 1. The summed E-state index contributed by atoms with van der Waals surface area (Å²) in [6.45, 7) is 3.12. The van der Waals surface area contributed by atoms with Crippen molar-refractivity contribution in [1.82, 2.24) is 10.2 Å². The van der Waals surface area contributed by atoms with Gasteiger partial charge in [-0.2, -0.15) is 0 Å². The van der Waals surface area contributed by atoms with Gasteiger partial charge in [-0.25, -0.2) is 4.79 Å². The standard InChI is InChI=1S/C17H24N2O5/c1-11-6-13(16(20)21)10-19(9-11)17(22)18-8-12-4-5-14(23-2)15(7-12)24-3/h4-5,7,11,13H,6,8-10H2,1-3H3,(H,18,22)(H,20,21). The number of rotatable bonds is 5. The molecule has 0 bridgehead atoms. The fraction of sp³-hybridized carbons (Fsp3) is 0.529. The van der Waals surface area contributed by atoms with Crippen LogP contribution >= 0.6 is 0 Å². The number of carboxylic acids is 1. The zero-order valence-electron chi connectivity index (χ0n) is 14.2. The lowest BCUT2D eigenvalue weighted by Gasteiger charge is -2.34. The number of nitrogens with zero attached hydrogens (tertiary/aromatic N) is 1. The third-order valence-electron chi connectivity index (χ3n) is 4.19. The van der Waals surface area contributed by atoms with E-state index < -0.39 is 11.9 Å². The summed E-state index contributed by atoms with van der Waals surface area (Å²) in [4.78, 5) is 25.1. The fourth-order valence-corrected chi connectivity index (χ4v) is 2.98. The summed E-state index contributed by atoms with van der Waals surface area (Å²) in [5.74, 6) is 0.0509. The average molecular weight is 336 g/mol. The molecule has 2 unspecified atom stereocenters. The summed E-state index contributed by atoms with van der Waals surface area (Å²) in [5.41, 5.74) is 0.876. The highest BCUT2D eigenvalue weighted by Gasteiger charge is 2.31. The number of carboxylic acid groups (broad SMARTS) is 1. The van der Waals surface area contributed by atoms with Crippen LogP contribution in [0.4, 0.5) is 4.79 Å². The van der Waals surface area contributed by atoms with Crippen LogP contribution in [0.15, 0.2) is 18.2 Å². The third kappa shape index (κ3) is 4.31. The van der Waals surface area contributed by atoms with Crippen LogP contribution in [0.5, 0.6) is 11.5 Å². The van der Waals surface area contributed by atoms with Crippen molar-refractivity contribution in [2.75, 3.05) is 27.3 Å². The van der Waals surface area contributed by atoms with Crippen molar-refractivity contribution in [2.24, 2.45) is 11.8 Å². The van der Waals surface area contributed by atoms with Gasteiger partial charge >= 0.3 is 12.0 Å². The molecular formula is C17H24N2O5. The van der Waals surface area contributed by atoms with Crippen molar-refractivity contribution in [3.8, 4) is 11.5 Å². The number of aliphatic carboxylic acids is 1. The topological polar surface area (TPSA) is 88.1 Å². The van der Waals surface area contributed by atoms with Gasteiger partial charge in [-0.3, -0.25) is 4.79 Å². The second-order valence-corrected chi connectivity index (χ2v) is 6.13. The largest absolute Gasteiger partial charge is 0.493 e. The molecular weight excluding hydrogens is 312 g/mol. The summed E-state index contributed by atoms with van der Waals surface area (Å²) in [6.07, 6.45) is 0.606. The van der Waals surface area contributed by atoms with E-state index in [2.05, 4.69) is 5.32 Å². The van der Waals surface area contributed by atoms with Crippen molar-refractivity contribution < 1.29 is 24.2 Å². The molecule has 1 fully saturated rings. The summed E-state index contributed by atoms with van der Waals surface area (Å²) in [6, 6.07) is 5.19. The molecule has 1 aromatic rings. The maximum Gasteiger partial charge on any atom is 0.317 e. The Labute approximate surface area is 141 Å². The molecule has 7 nitrogen and oxygen atoms in total. The van der Waals surface area contributed by atoms with Gasteiger partial charge in [0.2, 0.25) is 0 Å². The van der Waals surface area contributed by atoms with E-state index in [1.807, 2.05) is 13.0 Å². The molecule has 0 aliphatic carbocycles. The number of methoxy groups -OCH3 is 2. The van der Waals surface area contributed by atoms with Crippen LogP contribution in [0.3, 0.4) is 0 Å². The smallest absolute Gasteiger partial charge is 0.317 e. The molecule has 1 saturated heterocycles. The Hall–Kier alpha value is -2.44. The van der Waals surface area contributed by atoms with Crippen molar-refractivity contribution in [3.05, 3.63) is 23.8 Å². The molecule has 2 rings (SSSR count). The number of benzene rings is 1. The van der Waals surface area contributed by atoms with Crippen LogP contribution in [-0.2, 0) is 11.3 Å². The van der Waals surface area contributed by atoms with Crippen LogP contribution in [0, 0.1) is 11.8 Å². The first-order valence-corrected chi connectivity index (χ1v) is 7.91. The highest BCUT2D eigenvalue weighted by molar-refractivity contribution is 5.76. The number of carbonyl (C=O) groups is 2. The van der Waals surface area contributed by atoms with Crippen LogP contribution in [-0.4, -0.2) is 49.3 Å². The SMILES string of the molecule is COc1ccc(CNC(=O)N2CC(C)CC(C(=O)O)C2)cc1OC. The maximum atomic E-state index is 12.3. The Morgan fingerprint density at radius 2 is 1.96 bits per heavy atom. The molecule has 0 saturated carbocycles. The number of carbonyl (C=O) groups excluding carboxylic acids is 1. The third-order valence-corrected chi connectivity index (χ3v) is 4.19. The molecule has 0 aromatic heterocycles. The van der Waals surface area contributed by atoms with Crippen molar-refractivity contribution in [2.45, 2.75) is 19.9 Å². The average Bonchev–Trinajstić information content (AvgIpc) is 2.58. The highest BCUT2D eigenvalue weighted by Crippen LogP contribution is 2.27. The molecule has 1 aliphatic rings. The summed E-state index contributed by atoms with van der Waals surface area (Å²) >= 11 is 0. The van der Waals surface area contributed by atoms with Crippen LogP contribution in [0.2, 0.25) is 0 Å². The number of likely N-dealkylation sites (tertiary alicyclic amines) is 1. The Morgan fingerprint density at radius 1 is 1.25 bits per heavy atom. The highest BCUT2D eigenvalue weighted by atomic mass is 16.5. The van der Waals surface area contributed by atoms with E-state index >= 15 is 0 Å². The number of ether oxygens (including phenoxy) is 2. The Kier molecular flexibility index (Phi) is 5.89. The summed E-state index contributed by atoms with van der Waals surface area (Å²) < 4.78 is 10.4. The minimum atomic E-state index is -0.848. The first kappa shape index (κ1) is 17.9. The lowest BCUT2D eigenvalue weighted by atomic mass is 9.91. The molecule has 1 heterocycles. The number of piperidine rings is 1. The molecule has 2 N–H and O–H groups in total. The number of amides is 2. The van der Waals surface area contributed by atoms with Gasteiger partial charge in [0.1, 0.15) is 0 Å². The van der Waals surface area contributed by atoms with Gasteiger partial charge in [0.05, 0.1) is 20.1 Å². The van der Waals surface area contributed by atoms with Crippen molar-refractivity contribution >= 4 is 12.0 Å². The summed E-state index contributed by atoms with van der Waals surface area (Å²) in [7, 11) is 3.12.